The normalized spacial score (nSPS) is 17.0. The molecule has 0 aliphatic carbocycles. The van der Waals surface area contributed by atoms with Gasteiger partial charge in [0.15, 0.2) is 0 Å². The van der Waals surface area contributed by atoms with Gasteiger partial charge in [0.2, 0.25) is 0 Å². The van der Waals surface area contributed by atoms with E-state index in [1.54, 1.807) is 36.1 Å². The zero-order chi connectivity index (χ0) is 18.7. The average molecular weight is 355 g/mol. The van der Waals surface area contributed by atoms with Crippen molar-refractivity contribution in [2.75, 3.05) is 18.4 Å². The van der Waals surface area contributed by atoms with Crippen LogP contribution in [-0.4, -0.2) is 35.8 Å². The summed E-state index contributed by atoms with van der Waals surface area (Å²) < 4.78 is 13.9. The van der Waals surface area contributed by atoms with Crippen LogP contribution in [0.4, 0.5) is 10.1 Å². The maximum Gasteiger partial charge on any atom is 0.258 e. The number of benzene rings is 2. The Labute approximate surface area is 152 Å². The Bertz CT molecular complexity index is 838. The van der Waals surface area contributed by atoms with Crippen LogP contribution in [0, 0.1) is 12.7 Å². The maximum atomic E-state index is 13.9. The highest BCUT2D eigenvalue weighted by molar-refractivity contribution is 6.09. The van der Waals surface area contributed by atoms with Crippen LogP contribution in [-0.2, 0) is 0 Å². The standard InChI is InChI=1S/C20H22FN3O2/c1-13-6-4-9-16(20(26)24-11-5-7-14(22)12-24)18(13)23-19(25)15-8-2-3-10-17(15)21/h2-4,6,8-10,14H,5,7,11-12,22H2,1H3,(H,23,25). The van der Waals surface area contributed by atoms with Crippen LogP contribution < -0.4 is 11.1 Å². The van der Waals surface area contributed by atoms with E-state index in [-0.39, 0.29) is 17.5 Å². The third-order valence-electron chi connectivity index (χ3n) is 4.61. The van der Waals surface area contributed by atoms with Gasteiger partial charge in [0.05, 0.1) is 16.8 Å². The first kappa shape index (κ1) is 18.1. The summed E-state index contributed by atoms with van der Waals surface area (Å²) in [6.45, 7) is 2.93. The predicted octanol–water partition coefficient (Wildman–Crippen LogP) is 2.95. The van der Waals surface area contributed by atoms with Gasteiger partial charge in [-0.15, -0.1) is 0 Å². The molecule has 1 aliphatic heterocycles. The van der Waals surface area contributed by atoms with E-state index in [1.807, 2.05) is 0 Å². The van der Waals surface area contributed by atoms with Gasteiger partial charge >= 0.3 is 0 Å². The van der Waals surface area contributed by atoms with E-state index in [2.05, 4.69) is 5.32 Å². The van der Waals surface area contributed by atoms with Crippen molar-refractivity contribution in [3.8, 4) is 0 Å². The lowest BCUT2D eigenvalue weighted by molar-refractivity contribution is 0.0710. The van der Waals surface area contributed by atoms with Gasteiger partial charge in [-0.2, -0.15) is 0 Å². The minimum absolute atomic E-state index is 0.0334. The molecule has 1 heterocycles. The van der Waals surface area contributed by atoms with Crippen molar-refractivity contribution in [1.29, 1.82) is 0 Å². The molecular formula is C20H22FN3O2. The first-order chi connectivity index (χ1) is 12.5. The molecule has 2 aromatic rings. The molecule has 1 aliphatic rings. The third kappa shape index (κ3) is 3.75. The number of anilines is 1. The van der Waals surface area contributed by atoms with Gasteiger partial charge in [-0.3, -0.25) is 9.59 Å². The fourth-order valence-electron chi connectivity index (χ4n) is 3.20. The Morgan fingerprint density at radius 3 is 2.62 bits per heavy atom. The van der Waals surface area contributed by atoms with Crippen molar-refractivity contribution >= 4 is 17.5 Å². The quantitative estimate of drug-likeness (QED) is 0.889. The van der Waals surface area contributed by atoms with Gasteiger partial charge in [0, 0.05) is 19.1 Å². The maximum absolute atomic E-state index is 13.9. The molecule has 0 aromatic heterocycles. The molecule has 1 atom stereocenters. The number of halogens is 1. The molecule has 1 unspecified atom stereocenters. The molecule has 26 heavy (non-hydrogen) atoms. The van der Waals surface area contributed by atoms with Crippen LogP contribution in [0.1, 0.15) is 39.1 Å². The number of nitrogens with zero attached hydrogens (tertiary/aromatic N) is 1. The molecule has 1 saturated heterocycles. The van der Waals surface area contributed by atoms with Crippen LogP contribution in [0.2, 0.25) is 0 Å². The molecule has 136 valence electrons. The zero-order valence-corrected chi connectivity index (χ0v) is 14.7. The van der Waals surface area contributed by atoms with Crippen molar-refractivity contribution < 1.29 is 14.0 Å². The molecule has 0 radical (unpaired) electrons. The number of nitrogens with two attached hydrogens (primary N) is 1. The van der Waals surface area contributed by atoms with Crippen LogP contribution in [0.25, 0.3) is 0 Å². The van der Waals surface area contributed by atoms with Crippen molar-refractivity contribution in [1.82, 2.24) is 4.90 Å². The van der Waals surface area contributed by atoms with E-state index in [0.29, 0.717) is 24.3 Å². The second-order valence-corrected chi connectivity index (χ2v) is 6.58. The van der Waals surface area contributed by atoms with E-state index in [1.165, 1.54) is 18.2 Å². The molecule has 0 saturated carbocycles. The Morgan fingerprint density at radius 1 is 1.15 bits per heavy atom. The van der Waals surface area contributed by atoms with Gasteiger partial charge in [-0.05, 0) is 43.5 Å². The monoisotopic (exact) mass is 355 g/mol. The Hall–Kier alpha value is -2.73. The summed E-state index contributed by atoms with van der Waals surface area (Å²) in [5, 5.41) is 2.71. The smallest absolute Gasteiger partial charge is 0.258 e. The third-order valence-corrected chi connectivity index (χ3v) is 4.61. The van der Waals surface area contributed by atoms with E-state index in [9.17, 15) is 14.0 Å². The first-order valence-corrected chi connectivity index (χ1v) is 8.67. The Kier molecular flexibility index (Phi) is 5.32. The summed E-state index contributed by atoms with van der Waals surface area (Å²) in [7, 11) is 0. The molecule has 3 rings (SSSR count). The summed E-state index contributed by atoms with van der Waals surface area (Å²) in [5.41, 5.74) is 7.45. The fourth-order valence-corrected chi connectivity index (χ4v) is 3.20. The number of nitrogens with one attached hydrogen (secondary N) is 1. The molecule has 6 heteroatoms. The summed E-state index contributed by atoms with van der Waals surface area (Å²) in [6, 6.07) is 11.0. The van der Waals surface area contributed by atoms with Gasteiger partial charge in [-0.1, -0.05) is 24.3 Å². The number of piperidine rings is 1. The molecule has 1 fully saturated rings. The lowest BCUT2D eigenvalue weighted by Gasteiger charge is -2.31. The molecule has 0 bridgehead atoms. The molecule has 3 N–H and O–H groups in total. The van der Waals surface area contributed by atoms with Gasteiger partial charge < -0.3 is 16.0 Å². The summed E-state index contributed by atoms with van der Waals surface area (Å²) in [4.78, 5) is 27.2. The van der Waals surface area contributed by atoms with E-state index in [0.717, 1.165) is 18.4 Å². The molecule has 2 amide bonds. The number of aryl methyl sites for hydroxylation is 1. The number of rotatable bonds is 3. The second kappa shape index (κ2) is 7.66. The summed E-state index contributed by atoms with van der Waals surface area (Å²) in [6.07, 6.45) is 1.75. The van der Waals surface area contributed by atoms with Crippen molar-refractivity contribution in [2.24, 2.45) is 5.73 Å². The van der Waals surface area contributed by atoms with Crippen molar-refractivity contribution in [3.05, 3.63) is 65.0 Å². The number of carbonyl (C=O) groups excluding carboxylic acids is 2. The van der Waals surface area contributed by atoms with Crippen LogP contribution in [0.3, 0.4) is 0 Å². The van der Waals surface area contributed by atoms with E-state index in [4.69, 9.17) is 5.73 Å². The second-order valence-electron chi connectivity index (χ2n) is 6.58. The molecule has 0 spiro atoms. The topological polar surface area (TPSA) is 75.4 Å². The lowest BCUT2D eigenvalue weighted by Crippen LogP contribution is -2.45. The predicted molar refractivity (Wildman–Crippen MR) is 98.6 cm³/mol. The number of likely N-dealkylation sites (tertiary alicyclic amines) is 1. The van der Waals surface area contributed by atoms with Crippen molar-refractivity contribution in [2.45, 2.75) is 25.8 Å². The fraction of sp³-hybridized carbons (Fsp3) is 0.300. The lowest BCUT2D eigenvalue weighted by atomic mass is 10.0. The highest BCUT2D eigenvalue weighted by Crippen LogP contribution is 2.24. The van der Waals surface area contributed by atoms with Crippen LogP contribution in [0.5, 0.6) is 0 Å². The van der Waals surface area contributed by atoms with Gasteiger partial charge in [0.1, 0.15) is 5.82 Å². The minimum atomic E-state index is -0.603. The molecule has 2 aromatic carbocycles. The van der Waals surface area contributed by atoms with E-state index >= 15 is 0 Å². The van der Waals surface area contributed by atoms with Crippen molar-refractivity contribution in [3.63, 3.8) is 0 Å². The number of hydrogen-bond donors (Lipinski definition) is 2. The first-order valence-electron chi connectivity index (χ1n) is 8.67. The van der Waals surface area contributed by atoms with E-state index < -0.39 is 11.7 Å². The van der Waals surface area contributed by atoms with Crippen LogP contribution in [0.15, 0.2) is 42.5 Å². The number of hydrogen-bond acceptors (Lipinski definition) is 3. The minimum Gasteiger partial charge on any atom is -0.337 e. The summed E-state index contributed by atoms with van der Waals surface area (Å²) >= 11 is 0. The number of para-hydroxylation sites is 1. The average Bonchev–Trinajstić information content (AvgIpc) is 2.63. The highest BCUT2D eigenvalue weighted by Gasteiger charge is 2.25. The molecule has 5 nitrogen and oxygen atoms in total. The number of carbonyl (C=O) groups is 2. The SMILES string of the molecule is Cc1cccc(C(=O)N2CCCC(N)C2)c1NC(=O)c1ccccc1F. The van der Waals surface area contributed by atoms with Gasteiger partial charge in [0.25, 0.3) is 11.8 Å². The Balaban J connectivity index is 1.89. The Morgan fingerprint density at radius 2 is 1.88 bits per heavy atom. The zero-order valence-electron chi connectivity index (χ0n) is 14.7. The molecular weight excluding hydrogens is 333 g/mol. The highest BCUT2D eigenvalue weighted by atomic mass is 19.1. The van der Waals surface area contributed by atoms with Crippen LogP contribution >= 0.6 is 0 Å². The number of amides is 2. The van der Waals surface area contributed by atoms with Gasteiger partial charge in [-0.25, -0.2) is 4.39 Å². The summed E-state index contributed by atoms with van der Waals surface area (Å²) in [5.74, 6) is -1.36. The largest absolute Gasteiger partial charge is 0.337 e.